The Morgan fingerprint density at radius 2 is 1.97 bits per heavy atom. The molecule has 1 fully saturated rings. The number of aryl methyl sites for hydroxylation is 3. The number of fused-ring (bicyclic) bond motifs is 3. The van der Waals surface area contributed by atoms with Crippen molar-refractivity contribution >= 4 is 27.4 Å². The Morgan fingerprint density at radius 1 is 1.14 bits per heavy atom. The zero-order chi connectivity index (χ0) is 19.8. The van der Waals surface area contributed by atoms with Gasteiger partial charge in [0.1, 0.15) is 30.3 Å². The van der Waals surface area contributed by atoms with E-state index in [1.165, 1.54) is 49.5 Å². The van der Waals surface area contributed by atoms with E-state index in [-0.39, 0.29) is 0 Å². The molecule has 5 rings (SSSR count). The normalized spacial score (nSPS) is 17.0. The first-order chi connectivity index (χ1) is 14.2. The van der Waals surface area contributed by atoms with E-state index in [1.54, 1.807) is 0 Å². The molecule has 6 heteroatoms. The van der Waals surface area contributed by atoms with Crippen LogP contribution >= 0.6 is 11.3 Å². The van der Waals surface area contributed by atoms with Gasteiger partial charge in [0.05, 0.1) is 18.6 Å². The zero-order valence-corrected chi connectivity index (χ0v) is 18.1. The van der Waals surface area contributed by atoms with Crippen molar-refractivity contribution in [1.29, 1.82) is 0 Å². The minimum absolute atomic E-state index is 0.838. The minimum Gasteiger partial charge on any atom is -0.370 e. The van der Waals surface area contributed by atoms with Crippen LogP contribution < -0.4 is 9.80 Å². The average Bonchev–Trinajstić information content (AvgIpc) is 3.31. The summed E-state index contributed by atoms with van der Waals surface area (Å²) in [5.41, 5.74) is 4.19. The predicted octanol–water partition coefficient (Wildman–Crippen LogP) is 2.54. The first kappa shape index (κ1) is 19.0. The van der Waals surface area contributed by atoms with Crippen LogP contribution in [0.25, 0.3) is 10.2 Å². The molecule has 1 aromatic carbocycles. The Kier molecular flexibility index (Phi) is 5.24. The molecule has 0 unspecified atom stereocenters. The van der Waals surface area contributed by atoms with E-state index < -0.39 is 0 Å². The summed E-state index contributed by atoms with van der Waals surface area (Å²) in [4.78, 5) is 16.7. The molecule has 2 aromatic heterocycles. The topological polar surface area (TPSA) is 42.7 Å². The maximum absolute atomic E-state index is 5.52. The van der Waals surface area contributed by atoms with E-state index in [9.17, 15) is 0 Å². The fourth-order valence-corrected chi connectivity index (χ4v) is 5.83. The second-order valence-electron chi connectivity index (χ2n) is 8.32. The smallest absolute Gasteiger partial charge is 0.187 e. The number of benzene rings is 1. The zero-order valence-electron chi connectivity index (χ0n) is 17.3. The van der Waals surface area contributed by atoms with E-state index >= 15 is 0 Å². The van der Waals surface area contributed by atoms with Gasteiger partial charge in [0.15, 0.2) is 5.82 Å². The van der Waals surface area contributed by atoms with Gasteiger partial charge in [-0.2, -0.15) is 0 Å². The predicted molar refractivity (Wildman–Crippen MR) is 118 cm³/mol. The number of thiophene rings is 1. The van der Waals surface area contributed by atoms with Gasteiger partial charge in [-0.05, 0) is 42.9 Å². The van der Waals surface area contributed by atoms with E-state index in [4.69, 9.17) is 14.7 Å². The second-order valence-corrected chi connectivity index (χ2v) is 9.41. The Hall–Kier alpha value is -2.02. The molecule has 1 N–H and O–H groups in total. The number of anilines is 1. The van der Waals surface area contributed by atoms with Crippen molar-refractivity contribution in [2.45, 2.75) is 39.3 Å². The van der Waals surface area contributed by atoms with Crippen molar-refractivity contribution in [1.82, 2.24) is 9.97 Å². The quantitative estimate of drug-likeness (QED) is 0.703. The summed E-state index contributed by atoms with van der Waals surface area (Å²) in [6, 6.07) is 8.65. The third-order valence-electron chi connectivity index (χ3n) is 6.23. The Labute approximate surface area is 176 Å². The fraction of sp³-hybridized carbons (Fsp3) is 0.478. The van der Waals surface area contributed by atoms with Crippen molar-refractivity contribution in [3.8, 4) is 0 Å². The standard InChI is InChI=1S/C23H28N4OS/c1-16-6-3-4-7-17(16)14-26(2)22-21-18-8-5-9-19(18)29-23(21)25-20(24-22)15-27-10-12-28-13-11-27/h3-4,6-7H,5,8-15H2,1-2H3/p+1. The highest BCUT2D eigenvalue weighted by atomic mass is 32.1. The van der Waals surface area contributed by atoms with Crippen molar-refractivity contribution in [2.75, 3.05) is 38.3 Å². The van der Waals surface area contributed by atoms with Crippen LogP contribution in [0.15, 0.2) is 24.3 Å². The number of aromatic nitrogens is 2. The number of hydrogen-bond acceptors (Lipinski definition) is 5. The van der Waals surface area contributed by atoms with Crippen molar-refractivity contribution in [2.24, 2.45) is 0 Å². The lowest BCUT2D eigenvalue weighted by molar-refractivity contribution is -0.922. The van der Waals surface area contributed by atoms with Crippen molar-refractivity contribution in [3.63, 3.8) is 0 Å². The van der Waals surface area contributed by atoms with Crippen LogP contribution in [-0.4, -0.2) is 43.3 Å². The van der Waals surface area contributed by atoms with E-state index in [0.717, 1.165) is 57.5 Å². The second kappa shape index (κ2) is 8.01. The van der Waals surface area contributed by atoms with Gasteiger partial charge in [-0.3, -0.25) is 0 Å². The van der Waals surface area contributed by atoms with Crippen LogP contribution in [-0.2, 0) is 30.7 Å². The summed E-state index contributed by atoms with van der Waals surface area (Å²) >= 11 is 1.89. The number of nitrogens with one attached hydrogen (secondary N) is 1. The lowest BCUT2D eigenvalue weighted by Gasteiger charge is -2.24. The summed E-state index contributed by atoms with van der Waals surface area (Å²) in [5.74, 6) is 2.08. The van der Waals surface area contributed by atoms with Gasteiger partial charge in [-0.15, -0.1) is 11.3 Å². The summed E-state index contributed by atoms with van der Waals surface area (Å²) in [7, 11) is 2.18. The van der Waals surface area contributed by atoms with Gasteiger partial charge >= 0.3 is 0 Å². The molecular formula is C23H29N4OS+. The third-order valence-corrected chi connectivity index (χ3v) is 7.42. The largest absolute Gasteiger partial charge is 0.370 e. The monoisotopic (exact) mass is 409 g/mol. The van der Waals surface area contributed by atoms with Crippen LogP contribution in [0.4, 0.5) is 5.82 Å². The number of hydrogen-bond donors (Lipinski definition) is 1. The van der Waals surface area contributed by atoms with Crippen LogP contribution in [0.2, 0.25) is 0 Å². The van der Waals surface area contributed by atoms with Crippen LogP contribution in [0.3, 0.4) is 0 Å². The molecule has 0 amide bonds. The highest BCUT2D eigenvalue weighted by Gasteiger charge is 2.25. The van der Waals surface area contributed by atoms with Gasteiger partial charge in [0.2, 0.25) is 0 Å². The first-order valence-corrected chi connectivity index (χ1v) is 11.5. The maximum atomic E-state index is 5.52. The highest BCUT2D eigenvalue weighted by molar-refractivity contribution is 7.19. The molecule has 0 atom stereocenters. The minimum atomic E-state index is 0.838. The van der Waals surface area contributed by atoms with Crippen molar-refractivity contribution < 1.29 is 9.64 Å². The SMILES string of the molecule is Cc1ccccc1CN(C)c1nc(C[NH+]2CCOCC2)nc2sc3c(c12)CCC3. The van der Waals surface area contributed by atoms with Crippen LogP contribution in [0.5, 0.6) is 0 Å². The number of rotatable bonds is 5. The van der Waals surface area contributed by atoms with Gasteiger partial charge in [0, 0.05) is 18.5 Å². The van der Waals surface area contributed by atoms with E-state index in [0.29, 0.717) is 0 Å². The van der Waals surface area contributed by atoms with E-state index in [2.05, 4.69) is 43.1 Å². The Bertz CT molecular complexity index is 1030. The maximum Gasteiger partial charge on any atom is 0.187 e. The third kappa shape index (κ3) is 3.77. The molecule has 0 spiro atoms. The molecule has 1 aliphatic carbocycles. The first-order valence-electron chi connectivity index (χ1n) is 10.7. The number of nitrogens with zero attached hydrogens (tertiary/aromatic N) is 3. The number of quaternary nitrogens is 1. The lowest BCUT2D eigenvalue weighted by atomic mass is 10.1. The number of morpholine rings is 1. The summed E-state index contributed by atoms with van der Waals surface area (Å²) in [5, 5.41) is 1.30. The molecule has 1 aliphatic heterocycles. The molecule has 0 radical (unpaired) electrons. The van der Waals surface area contributed by atoms with Gasteiger partial charge in [-0.25, -0.2) is 9.97 Å². The van der Waals surface area contributed by atoms with Gasteiger partial charge in [0.25, 0.3) is 0 Å². The van der Waals surface area contributed by atoms with E-state index in [1.807, 2.05) is 11.3 Å². The molecule has 1 saturated heterocycles. The Balaban J connectivity index is 1.53. The molecule has 0 saturated carbocycles. The number of ether oxygens (including phenoxy) is 1. The summed E-state index contributed by atoms with van der Waals surface area (Å²) < 4.78 is 5.52. The molecule has 5 nitrogen and oxygen atoms in total. The Morgan fingerprint density at radius 3 is 2.79 bits per heavy atom. The molecule has 152 valence electrons. The van der Waals surface area contributed by atoms with Crippen LogP contribution in [0.1, 0.15) is 33.8 Å². The fourth-order valence-electron chi connectivity index (χ4n) is 4.55. The molecule has 2 aliphatic rings. The molecular weight excluding hydrogens is 380 g/mol. The van der Waals surface area contributed by atoms with Gasteiger partial charge < -0.3 is 14.5 Å². The van der Waals surface area contributed by atoms with Crippen molar-refractivity contribution in [3.05, 3.63) is 51.7 Å². The molecule has 3 heterocycles. The molecule has 29 heavy (non-hydrogen) atoms. The van der Waals surface area contributed by atoms with Gasteiger partial charge in [-0.1, -0.05) is 24.3 Å². The van der Waals surface area contributed by atoms with Crippen LogP contribution in [0, 0.1) is 6.92 Å². The molecule has 0 bridgehead atoms. The molecule has 3 aromatic rings. The summed E-state index contributed by atoms with van der Waals surface area (Å²) in [6.45, 7) is 7.69. The lowest BCUT2D eigenvalue weighted by Crippen LogP contribution is -3.12. The highest BCUT2D eigenvalue weighted by Crippen LogP contribution is 2.40. The summed E-state index contributed by atoms with van der Waals surface area (Å²) in [6.07, 6.45) is 3.62. The average molecular weight is 410 g/mol.